The second-order valence-corrected chi connectivity index (χ2v) is 8.31. The molecule has 1 saturated heterocycles. The van der Waals surface area contributed by atoms with Gasteiger partial charge in [0.15, 0.2) is 0 Å². The molecule has 0 spiro atoms. The summed E-state index contributed by atoms with van der Waals surface area (Å²) < 4.78 is 42.3. The van der Waals surface area contributed by atoms with Crippen LogP contribution in [-0.2, 0) is 4.79 Å². The molecule has 3 N–H and O–H groups in total. The topological polar surface area (TPSA) is 85.9 Å². The Morgan fingerprint density at radius 2 is 1.97 bits per heavy atom. The predicted octanol–water partition coefficient (Wildman–Crippen LogP) is 4.71. The van der Waals surface area contributed by atoms with E-state index in [4.69, 9.17) is 23.2 Å². The fraction of sp³-hybridized carbons (Fsp3) is 0.350. The number of H-pyrrole nitrogens is 1. The predicted molar refractivity (Wildman–Crippen MR) is 117 cm³/mol. The molecule has 170 valence electrons. The number of carbonyl (C=O) groups is 1. The van der Waals surface area contributed by atoms with Crippen LogP contribution in [0.2, 0.25) is 10.0 Å². The summed E-state index contributed by atoms with van der Waals surface area (Å²) in [5, 5.41) is 6.99. The number of halogens is 5. The maximum absolute atomic E-state index is 14.1. The molecule has 1 aliphatic rings. The van der Waals surface area contributed by atoms with Gasteiger partial charge in [0, 0.05) is 28.5 Å². The van der Waals surface area contributed by atoms with Crippen LogP contribution in [0.3, 0.4) is 0 Å². The Kier molecular flexibility index (Phi) is 6.34. The lowest BCUT2D eigenvalue weighted by Crippen LogP contribution is -2.61. The smallest absolute Gasteiger partial charge is 0.376 e. The zero-order valence-corrected chi connectivity index (χ0v) is 18.1. The van der Waals surface area contributed by atoms with Gasteiger partial charge in [-0.1, -0.05) is 23.2 Å². The molecular formula is C20H19Cl2F3N6O. The molecular weight excluding hydrogens is 468 g/mol. The summed E-state index contributed by atoms with van der Waals surface area (Å²) in [6, 6.07) is 3.23. The Bertz CT molecular complexity index is 1100. The molecule has 2 aromatic heterocycles. The third-order valence-electron chi connectivity index (χ3n) is 5.27. The highest BCUT2D eigenvalue weighted by Crippen LogP contribution is 2.34. The Hall–Kier alpha value is -2.72. The number of aromatic amines is 1. The van der Waals surface area contributed by atoms with E-state index in [1.807, 2.05) is 0 Å². The van der Waals surface area contributed by atoms with Crippen LogP contribution in [0, 0.1) is 0 Å². The van der Waals surface area contributed by atoms with Crippen LogP contribution in [0.15, 0.2) is 36.8 Å². The number of hydrogen-bond donors (Lipinski definition) is 3. The van der Waals surface area contributed by atoms with E-state index in [1.165, 1.54) is 12.4 Å². The Morgan fingerprint density at radius 1 is 1.22 bits per heavy atom. The summed E-state index contributed by atoms with van der Waals surface area (Å²) in [7, 11) is 0. The van der Waals surface area contributed by atoms with E-state index in [0.717, 1.165) is 4.90 Å². The minimum Gasteiger partial charge on any atom is -0.376 e. The molecule has 2 atom stereocenters. The van der Waals surface area contributed by atoms with Crippen molar-refractivity contribution in [1.82, 2.24) is 19.9 Å². The number of aromatic nitrogens is 3. The quantitative estimate of drug-likeness (QED) is 0.486. The monoisotopic (exact) mass is 486 g/mol. The first-order chi connectivity index (χ1) is 15.2. The zero-order chi connectivity index (χ0) is 22.9. The lowest BCUT2D eigenvalue weighted by Gasteiger charge is -2.42. The van der Waals surface area contributed by atoms with Gasteiger partial charge in [0.05, 0.1) is 18.0 Å². The van der Waals surface area contributed by atoms with E-state index < -0.39 is 24.2 Å². The molecule has 7 nitrogen and oxygen atoms in total. The normalized spacial score (nSPS) is 19.2. The highest BCUT2D eigenvalue weighted by Gasteiger charge is 2.51. The van der Waals surface area contributed by atoms with Gasteiger partial charge in [-0.2, -0.15) is 13.2 Å². The molecule has 1 aromatic carbocycles. The van der Waals surface area contributed by atoms with E-state index in [-0.39, 0.29) is 25.3 Å². The fourth-order valence-corrected chi connectivity index (χ4v) is 4.46. The average molecular weight is 487 g/mol. The fourth-order valence-electron chi connectivity index (χ4n) is 3.93. The van der Waals surface area contributed by atoms with E-state index >= 15 is 0 Å². The van der Waals surface area contributed by atoms with Crippen molar-refractivity contribution < 1.29 is 18.0 Å². The molecule has 0 aliphatic carbocycles. The minimum absolute atomic E-state index is 0.00249. The lowest BCUT2D eigenvalue weighted by atomic mass is 9.95. The largest absolute Gasteiger partial charge is 0.410 e. The highest BCUT2D eigenvalue weighted by atomic mass is 35.5. The number of carbonyl (C=O) groups excluding carboxylic acids is 1. The van der Waals surface area contributed by atoms with Gasteiger partial charge < -0.3 is 20.5 Å². The van der Waals surface area contributed by atoms with Crippen molar-refractivity contribution in [2.24, 2.45) is 0 Å². The molecule has 0 bridgehead atoms. The summed E-state index contributed by atoms with van der Waals surface area (Å²) in [5.41, 5.74) is 0.959. The molecule has 0 saturated carbocycles. The zero-order valence-electron chi connectivity index (χ0n) is 16.6. The first-order valence-electron chi connectivity index (χ1n) is 9.83. The second-order valence-electron chi connectivity index (χ2n) is 7.44. The highest BCUT2D eigenvalue weighted by molar-refractivity contribution is 6.35. The van der Waals surface area contributed by atoms with Gasteiger partial charge >= 0.3 is 6.18 Å². The molecule has 12 heteroatoms. The van der Waals surface area contributed by atoms with Crippen LogP contribution < -0.4 is 10.6 Å². The van der Waals surface area contributed by atoms with Crippen molar-refractivity contribution in [3.05, 3.63) is 46.8 Å². The van der Waals surface area contributed by atoms with Gasteiger partial charge in [0.2, 0.25) is 5.91 Å². The SMILES string of the molecule is O=C(CNc1cc(Cl)cc(Cl)c1)N1CCCC(Nc2ncnc3[nH]ccc23)C1C(F)(F)F. The van der Waals surface area contributed by atoms with Crippen LogP contribution in [0.4, 0.5) is 24.7 Å². The summed E-state index contributed by atoms with van der Waals surface area (Å²) in [5.74, 6) is -0.388. The molecule has 1 fully saturated rings. The first-order valence-corrected chi connectivity index (χ1v) is 10.6. The molecule has 4 rings (SSSR count). The van der Waals surface area contributed by atoms with Crippen LogP contribution in [0.5, 0.6) is 0 Å². The van der Waals surface area contributed by atoms with E-state index in [2.05, 4.69) is 25.6 Å². The lowest BCUT2D eigenvalue weighted by molar-refractivity contribution is -0.197. The maximum Gasteiger partial charge on any atom is 0.410 e. The second kappa shape index (κ2) is 9.03. The Morgan fingerprint density at radius 3 is 2.69 bits per heavy atom. The number of benzene rings is 1. The number of amides is 1. The average Bonchev–Trinajstić information content (AvgIpc) is 3.20. The maximum atomic E-state index is 14.1. The summed E-state index contributed by atoms with van der Waals surface area (Å²) in [6.45, 7) is -0.325. The van der Waals surface area contributed by atoms with Gasteiger partial charge in [-0.15, -0.1) is 0 Å². The third-order valence-corrected chi connectivity index (χ3v) is 5.71. The van der Waals surface area contributed by atoms with Gasteiger partial charge in [-0.25, -0.2) is 9.97 Å². The van der Waals surface area contributed by atoms with Crippen molar-refractivity contribution in [3.63, 3.8) is 0 Å². The molecule has 32 heavy (non-hydrogen) atoms. The van der Waals surface area contributed by atoms with Crippen LogP contribution in [-0.4, -0.2) is 57.1 Å². The van der Waals surface area contributed by atoms with E-state index in [0.29, 0.717) is 33.2 Å². The summed E-state index contributed by atoms with van der Waals surface area (Å²) >= 11 is 11.9. The summed E-state index contributed by atoms with van der Waals surface area (Å²) in [6.07, 6.45) is -1.06. The minimum atomic E-state index is -4.63. The van der Waals surface area contributed by atoms with Gasteiger partial charge in [-0.05, 0) is 37.1 Å². The number of nitrogens with one attached hydrogen (secondary N) is 3. The molecule has 1 aliphatic heterocycles. The van der Waals surface area contributed by atoms with Crippen molar-refractivity contribution in [2.75, 3.05) is 23.7 Å². The molecule has 2 unspecified atom stereocenters. The number of piperidine rings is 1. The van der Waals surface area contributed by atoms with Crippen molar-refractivity contribution in [1.29, 1.82) is 0 Å². The Labute approximate surface area is 191 Å². The van der Waals surface area contributed by atoms with Gasteiger partial charge in [0.1, 0.15) is 23.8 Å². The Balaban J connectivity index is 1.53. The first kappa shape index (κ1) is 22.5. The van der Waals surface area contributed by atoms with E-state index in [1.54, 1.807) is 24.4 Å². The van der Waals surface area contributed by atoms with Crippen LogP contribution >= 0.6 is 23.2 Å². The number of likely N-dealkylation sites (tertiary alicyclic amines) is 1. The number of alkyl halides is 3. The van der Waals surface area contributed by atoms with Gasteiger partial charge in [-0.3, -0.25) is 4.79 Å². The number of rotatable bonds is 5. The van der Waals surface area contributed by atoms with E-state index in [9.17, 15) is 18.0 Å². The number of nitrogens with zero attached hydrogens (tertiary/aromatic N) is 3. The number of hydrogen-bond acceptors (Lipinski definition) is 5. The van der Waals surface area contributed by atoms with Crippen molar-refractivity contribution >= 4 is 51.6 Å². The van der Waals surface area contributed by atoms with Crippen molar-refractivity contribution in [2.45, 2.75) is 31.1 Å². The third kappa shape index (κ3) is 4.86. The number of anilines is 2. The van der Waals surface area contributed by atoms with Crippen molar-refractivity contribution in [3.8, 4) is 0 Å². The standard InChI is InChI=1S/C20H19Cl2F3N6O/c21-11-6-12(22)8-13(7-11)27-9-16(32)31-5-1-2-15(17(31)20(23,24)25)30-19-14-3-4-26-18(14)28-10-29-19/h3-4,6-8,10,15,17,27H,1-2,5,9H2,(H2,26,28,29,30). The summed E-state index contributed by atoms with van der Waals surface area (Å²) in [4.78, 5) is 24.7. The number of fused-ring (bicyclic) bond motifs is 1. The molecule has 3 heterocycles. The molecule has 0 radical (unpaired) electrons. The van der Waals surface area contributed by atoms with Crippen LogP contribution in [0.1, 0.15) is 12.8 Å². The molecule has 3 aromatic rings. The van der Waals surface area contributed by atoms with Crippen LogP contribution in [0.25, 0.3) is 11.0 Å². The van der Waals surface area contributed by atoms with Gasteiger partial charge in [0.25, 0.3) is 0 Å². The molecule has 1 amide bonds.